The van der Waals surface area contributed by atoms with E-state index in [0.717, 1.165) is 12.3 Å². The van der Waals surface area contributed by atoms with E-state index in [1.807, 2.05) is 0 Å². The third kappa shape index (κ3) is 3.10. The van der Waals surface area contributed by atoms with Crippen LogP contribution in [0.1, 0.15) is 32.2 Å². The SMILES string of the molecule is Cc1oc2ccc(NC(=O)c3cccnc3C(F)(F)F)cc2c1C(=O)O. The van der Waals surface area contributed by atoms with Crippen molar-refractivity contribution in [2.24, 2.45) is 0 Å². The number of aryl methyl sites for hydroxylation is 1. The monoisotopic (exact) mass is 364 g/mol. The normalized spacial score (nSPS) is 11.5. The third-order valence-electron chi connectivity index (χ3n) is 3.66. The molecule has 0 unspecified atom stereocenters. The zero-order chi connectivity index (χ0) is 19.1. The van der Waals surface area contributed by atoms with Crippen LogP contribution in [-0.2, 0) is 6.18 Å². The van der Waals surface area contributed by atoms with Gasteiger partial charge in [-0.1, -0.05) is 0 Å². The Balaban J connectivity index is 1.99. The maximum Gasteiger partial charge on any atom is 0.434 e. The lowest BCUT2D eigenvalue weighted by molar-refractivity contribution is -0.141. The molecule has 0 atom stereocenters. The van der Waals surface area contributed by atoms with Gasteiger partial charge in [0.25, 0.3) is 5.91 Å². The highest BCUT2D eigenvalue weighted by Gasteiger charge is 2.37. The number of pyridine rings is 1. The summed E-state index contributed by atoms with van der Waals surface area (Å²) in [5.41, 5.74) is -1.60. The van der Waals surface area contributed by atoms with Crippen molar-refractivity contribution in [3.63, 3.8) is 0 Å². The topological polar surface area (TPSA) is 92.4 Å². The molecule has 1 amide bonds. The number of aromatic carboxylic acids is 1. The second-order valence-electron chi connectivity index (χ2n) is 5.40. The van der Waals surface area contributed by atoms with Crippen molar-refractivity contribution < 1.29 is 32.3 Å². The molecule has 0 aliphatic rings. The van der Waals surface area contributed by atoms with Crippen molar-refractivity contribution in [1.29, 1.82) is 0 Å². The molecule has 0 aliphatic carbocycles. The summed E-state index contributed by atoms with van der Waals surface area (Å²) < 4.78 is 44.3. The molecule has 1 aromatic carbocycles. The molecule has 0 saturated carbocycles. The molecule has 2 aromatic heterocycles. The number of nitrogens with one attached hydrogen (secondary N) is 1. The lowest BCUT2D eigenvalue weighted by atomic mass is 10.1. The van der Waals surface area contributed by atoms with Crippen LogP contribution in [0, 0.1) is 6.92 Å². The second-order valence-corrected chi connectivity index (χ2v) is 5.40. The summed E-state index contributed by atoms with van der Waals surface area (Å²) in [5, 5.41) is 11.8. The van der Waals surface area contributed by atoms with Gasteiger partial charge in [-0.25, -0.2) is 4.79 Å². The molecule has 6 nitrogen and oxygen atoms in total. The molecule has 0 saturated heterocycles. The van der Waals surface area contributed by atoms with Crippen LogP contribution in [-0.4, -0.2) is 22.0 Å². The molecule has 2 N–H and O–H groups in total. The molecular formula is C17H11F3N2O4. The number of amides is 1. The Morgan fingerprint density at radius 1 is 1.23 bits per heavy atom. The van der Waals surface area contributed by atoms with Crippen LogP contribution >= 0.6 is 0 Å². The number of alkyl halides is 3. The Kier molecular flexibility index (Phi) is 4.15. The Bertz CT molecular complexity index is 1020. The lowest BCUT2D eigenvalue weighted by Gasteiger charge is -2.11. The third-order valence-corrected chi connectivity index (χ3v) is 3.66. The zero-order valence-corrected chi connectivity index (χ0v) is 13.2. The van der Waals surface area contributed by atoms with Gasteiger partial charge in [-0.15, -0.1) is 0 Å². The van der Waals surface area contributed by atoms with Gasteiger partial charge >= 0.3 is 12.1 Å². The largest absolute Gasteiger partial charge is 0.478 e. The highest BCUT2D eigenvalue weighted by atomic mass is 19.4. The molecule has 2 heterocycles. The van der Waals surface area contributed by atoms with Crippen molar-refractivity contribution in [1.82, 2.24) is 4.98 Å². The van der Waals surface area contributed by atoms with Crippen molar-refractivity contribution in [2.75, 3.05) is 5.32 Å². The van der Waals surface area contributed by atoms with E-state index < -0.39 is 29.3 Å². The summed E-state index contributed by atoms with van der Waals surface area (Å²) in [6, 6.07) is 6.39. The van der Waals surface area contributed by atoms with Crippen molar-refractivity contribution in [2.45, 2.75) is 13.1 Å². The second kappa shape index (κ2) is 6.17. The molecule has 0 spiro atoms. The maximum atomic E-state index is 13.0. The molecule has 3 rings (SSSR count). The molecule has 26 heavy (non-hydrogen) atoms. The van der Waals surface area contributed by atoms with Crippen LogP contribution in [0.2, 0.25) is 0 Å². The van der Waals surface area contributed by atoms with Gasteiger partial charge in [0.2, 0.25) is 0 Å². The predicted molar refractivity (Wildman–Crippen MR) is 85.1 cm³/mol. The summed E-state index contributed by atoms with van der Waals surface area (Å²) in [7, 11) is 0. The van der Waals surface area contributed by atoms with Crippen LogP contribution < -0.4 is 5.32 Å². The minimum Gasteiger partial charge on any atom is -0.478 e. The van der Waals surface area contributed by atoms with Gasteiger partial charge in [0.1, 0.15) is 16.9 Å². The van der Waals surface area contributed by atoms with E-state index in [1.165, 1.54) is 31.2 Å². The number of hydrogen-bond acceptors (Lipinski definition) is 4. The fourth-order valence-electron chi connectivity index (χ4n) is 2.58. The van der Waals surface area contributed by atoms with Crippen LogP contribution in [0.4, 0.5) is 18.9 Å². The number of rotatable bonds is 3. The molecular weight excluding hydrogens is 353 g/mol. The Morgan fingerprint density at radius 3 is 2.62 bits per heavy atom. The number of carboxylic acids is 1. The number of aromatic nitrogens is 1. The predicted octanol–water partition coefficient (Wildman–Crippen LogP) is 4.11. The van der Waals surface area contributed by atoms with E-state index >= 15 is 0 Å². The number of nitrogens with zero attached hydrogens (tertiary/aromatic N) is 1. The molecule has 0 aliphatic heterocycles. The van der Waals surface area contributed by atoms with Crippen LogP contribution in [0.3, 0.4) is 0 Å². The molecule has 0 fully saturated rings. The number of carbonyl (C=O) groups is 2. The van der Waals surface area contributed by atoms with Gasteiger partial charge in [-0.2, -0.15) is 13.2 Å². The lowest BCUT2D eigenvalue weighted by Crippen LogP contribution is -2.20. The van der Waals surface area contributed by atoms with Gasteiger partial charge in [0.05, 0.1) is 5.56 Å². The van der Waals surface area contributed by atoms with Gasteiger partial charge in [0.15, 0.2) is 5.69 Å². The number of benzene rings is 1. The van der Waals surface area contributed by atoms with E-state index in [2.05, 4.69) is 10.3 Å². The van der Waals surface area contributed by atoms with Crippen molar-refractivity contribution in [3.8, 4) is 0 Å². The first kappa shape index (κ1) is 17.5. The summed E-state index contributed by atoms with van der Waals surface area (Å²) in [6.45, 7) is 1.48. The van der Waals surface area contributed by atoms with Crippen molar-refractivity contribution in [3.05, 3.63) is 59.1 Å². The highest BCUT2D eigenvalue weighted by molar-refractivity contribution is 6.08. The standard InChI is InChI=1S/C17H11F3N2O4/c1-8-13(16(24)25)11-7-9(4-5-12(11)26-8)22-15(23)10-3-2-6-21-14(10)17(18,19)20/h2-7H,1H3,(H,22,23)(H,24,25). The van der Waals surface area contributed by atoms with Gasteiger partial charge in [-0.05, 0) is 37.3 Å². The summed E-state index contributed by atoms with van der Waals surface area (Å²) in [6.07, 6.45) is -3.84. The number of furan rings is 1. The first-order valence-corrected chi connectivity index (χ1v) is 7.28. The average molecular weight is 364 g/mol. The number of anilines is 1. The van der Waals surface area contributed by atoms with E-state index in [1.54, 1.807) is 0 Å². The van der Waals surface area contributed by atoms with Crippen LogP contribution in [0.5, 0.6) is 0 Å². The molecule has 134 valence electrons. The van der Waals surface area contributed by atoms with E-state index in [-0.39, 0.29) is 28.0 Å². The minimum absolute atomic E-state index is 0.0755. The fraction of sp³-hybridized carbons (Fsp3) is 0.118. The smallest absolute Gasteiger partial charge is 0.434 e. The quantitative estimate of drug-likeness (QED) is 0.730. The van der Waals surface area contributed by atoms with Gasteiger partial charge < -0.3 is 14.8 Å². The molecule has 3 aromatic rings. The number of halogens is 3. The van der Waals surface area contributed by atoms with E-state index in [0.29, 0.717) is 0 Å². The first-order chi connectivity index (χ1) is 12.2. The Morgan fingerprint density at radius 2 is 1.96 bits per heavy atom. The summed E-state index contributed by atoms with van der Waals surface area (Å²) in [5.74, 6) is -2.04. The Labute approximate surface area is 144 Å². The number of fused-ring (bicyclic) bond motifs is 1. The first-order valence-electron chi connectivity index (χ1n) is 7.28. The average Bonchev–Trinajstić information content (AvgIpc) is 2.89. The van der Waals surface area contributed by atoms with Crippen molar-refractivity contribution >= 4 is 28.5 Å². The highest BCUT2D eigenvalue weighted by Crippen LogP contribution is 2.31. The maximum absolute atomic E-state index is 13.0. The van der Waals surface area contributed by atoms with Gasteiger partial charge in [0, 0.05) is 17.3 Å². The number of carbonyl (C=O) groups excluding carboxylic acids is 1. The summed E-state index contributed by atoms with van der Waals surface area (Å²) >= 11 is 0. The van der Waals surface area contributed by atoms with Gasteiger partial charge in [-0.3, -0.25) is 9.78 Å². The van der Waals surface area contributed by atoms with Crippen LogP contribution in [0.15, 0.2) is 40.9 Å². The zero-order valence-electron chi connectivity index (χ0n) is 13.2. The van der Waals surface area contributed by atoms with E-state index in [9.17, 15) is 27.9 Å². The number of hydrogen-bond donors (Lipinski definition) is 2. The molecule has 0 bridgehead atoms. The molecule has 9 heteroatoms. The molecule has 0 radical (unpaired) electrons. The van der Waals surface area contributed by atoms with E-state index in [4.69, 9.17) is 4.42 Å². The van der Waals surface area contributed by atoms with Crippen LogP contribution in [0.25, 0.3) is 11.0 Å². The minimum atomic E-state index is -4.78. The fourth-order valence-corrected chi connectivity index (χ4v) is 2.58. The Hall–Kier alpha value is -3.36. The summed E-state index contributed by atoms with van der Waals surface area (Å²) in [4.78, 5) is 26.8. The number of carboxylic acid groups (broad SMARTS) is 1.